The van der Waals surface area contributed by atoms with Gasteiger partial charge in [-0.3, -0.25) is 4.79 Å². The zero-order chi connectivity index (χ0) is 13.9. The van der Waals surface area contributed by atoms with Crippen LogP contribution in [0.25, 0.3) is 0 Å². The first-order chi connectivity index (χ1) is 9.75. The highest BCUT2D eigenvalue weighted by Crippen LogP contribution is 2.32. The van der Waals surface area contributed by atoms with E-state index in [4.69, 9.17) is 5.73 Å². The first-order valence-electron chi connectivity index (χ1n) is 7.99. The largest absolute Gasteiger partial charge is 0.346 e. The van der Waals surface area contributed by atoms with E-state index in [1.807, 2.05) is 18.3 Å². The van der Waals surface area contributed by atoms with Gasteiger partial charge < -0.3 is 15.6 Å². The third kappa shape index (κ3) is 2.75. The second-order valence-electron chi connectivity index (χ2n) is 6.27. The number of carbonyl (C=O) groups is 1. The van der Waals surface area contributed by atoms with E-state index in [1.54, 1.807) is 0 Å². The van der Waals surface area contributed by atoms with Crippen molar-refractivity contribution in [2.24, 2.45) is 5.73 Å². The monoisotopic (exact) mass is 275 g/mol. The number of hydrogen-bond acceptors (Lipinski definition) is 2. The predicted octanol–water partition coefficient (Wildman–Crippen LogP) is 2.60. The average molecular weight is 275 g/mol. The van der Waals surface area contributed by atoms with Gasteiger partial charge in [-0.1, -0.05) is 19.3 Å². The Hall–Kier alpha value is -1.29. The van der Waals surface area contributed by atoms with Gasteiger partial charge in [0, 0.05) is 24.3 Å². The summed E-state index contributed by atoms with van der Waals surface area (Å²) in [5.41, 5.74) is 6.99. The summed E-state index contributed by atoms with van der Waals surface area (Å²) in [5.74, 6) is 0.0456. The topological polar surface area (TPSA) is 60.0 Å². The maximum Gasteiger partial charge on any atom is 0.268 e. The standard InChI is InChI=1S/C16H25N3O/c17-13-8-2-1-3-9-14(13)18-16(20)15-10-5-11-19(15)12-6-4-7-12/h5,10-14H,1-4,6-9,17H2,(H,18,20). The van der Waals surface area contributed by atoms with Gasteiger partial charge in [0.25, 0.3) is 5.91 Å². The van der Waals surface area contributed by atoms with Gasteiger partial charge in [-0.2, -0.15) is 0 Å². The molecule has 3 N–H and O–H groups in total. The highest BCUT2D eigenvalue weighted by molar-refractivity contribution is 5.93. The molecule has 2 aliphatic rings. The van der Waals surface area contributed by atoms with Crippen LogP contribution in [0.15, 0.2) is 18.3 Å². The molecule has 20 heavy (non-hydrogen) atoms. The molecular weight excluding hydrogens is 250 g/mol. The van der Waals surface area contributed by atoms with Crippen molar-refractivity contribution < 1.29 is 4.79 Å². The molecule has 0 radical (unpaired) electrons. The highest BCUT2D eigenvalue weighted by Gasteiger charge is 2.26. The smallest absolute Gasteiger partial charge is 0.268 e. The molecule has 110 valence electrons. The maximum atomic E-state index is 12.5. The van der Waals surface area contributed by atoms with Crippen LogP contribution in [-0.4, -0.2) is 22.6 Å². The van der Waals surface area contributed by atoms with Crippen LogP contribution in [0.2, 0.25) is 0 Å². The van der Waals surface area contributed by atoms with Crippen LogP contribution < -0.4 is 11.1 Å². The van der Waals surface area contributed by atoms with E-state index in [0.29, 0.717) is 6.04 Å². The number of amides is 1. The van der Waals surface area contributed by atoms with Gasteiger partial charge in [-0.15, -0.1) is 0 Å². The van der Waals surface area contributed by atoms with Crippen molar-refractivity contribution in [2.75, 3.05) is 0 Å². The Balaban J connectivity index is 1.67. The van der Waals surface area contributed by atoms with E-state index in [2.05, 4.69) is 9.88 Å². The Bertz CT molecular complexity index is 464. The first kappa shape index (κ1) is 13.7. The zero-order valence-electron chi connectivity index (χ0n) is 12.1. The second kappa shape index (κ2) is 6.00. The summed E-state index contributed by atoms with van der Waals surface area (Å²) in [6.45, 7) is 0. The third-order valence-corrected chi connectivity index (χ3v) is 4.87. The molecule has 0 bridgehead atoms. The van der Waals surface area contributed by atoms with Crippen LogP contribution in [0.4, 0.5) is 0 Å². The Morgan fingerprint density at radius 2 is 1.95 bits per heavy atom. The number of aromatic nitrogens is 1. The lowest BCUT2D eigenvalue weighted by molar-refractivity contribution is 0.0913. The van der Waals surface area contributed by atoms with Crippen molar-refractivity contribution in [1.82, 2.24) is 9.88 Å². The molecule has 2 unspecified atom stereocenters. The summed E-state index contributed by atoms with van der Waals surface area (Å²) in [7, 11) is 0. The van der Waals surface area contributed by atoms with E-state index in [-0.39, 0.29) is 18.0 Å². The van der Waals surface area contributed by atoms with Gasteiger partial charge >= 0.3 is 0 Å². The molecule has 0 aliphatic heterocycles. The number of nitrogens with two attached hydrogens (primary N) is 1. The fourth-order valence-corrected chi connectivity index (χ4v) is 3.33. The number of rotatable bonds is 3. The molecule has 2 saturated carbocycles. The van der Waals surface area contributed by atoms with E-state index in [9.17, 15) is 4.79 Å². The minimum atomic E-state index is 0.0456. The third-order valence-electron chi connectivity index (χ3n) is 4.87. The molecule has 2 fully saturated rings. The molecule has 0 saturated heterocycles. The number of hydrogen-bond donors (Lipinski definition) is 2. The molecule has 4 nitrogen and oxygen atoms in total. The summed E-state index contributed by atoms with van der Waals surface area (Å²) in [5, 5.41) is 3.17. The fraction of sp³-hybridized carbons (Fsp3) is 0.688. The molecule has 1 aromatic heterocycles. The molecule has 1 amide bonds. The molecule has 3 rings (SSSR count). The lowest BCUT2D eigenvalue weighted by Gasteiger charge is -2.29. The van der Waals surface area contributed by atoms with E-state index in [0.717, 1.165) is 18.5 Å². The molecule has 0 aromatic carbocycles. The molecule has 1 aromatic rings. The lowest BCUT2D eigenvalue weighted by atomic mass is 9.93. The highest BCUT2D eigenvalue weighted by atomic mass is 16.2. The summed E-state index contributed by atoms with van der Waals surface area (Å²) in [6.07, 6.45) is 11.3. The van der Waals surface area contributed by atoms with Crippen LogP contribution in [-0.2, 0) is 0 Å². The fourth-order valence-electron chi connectivity index (χ4n) is 3.33. The van der Waals surface area contributed by atoms with Crippen molar-refractivity contribution >= 4 is 5.91 Å². The summed E-state index contributed by atoms with van der Waals surface area (Å²) in [4.78, 5) is 12.5. The van der Waals surface area contributed by atoms with Crippen molar-refractivity contribution in [3.63, 3.8) is 0 Å². The summed E-state index contributed by atoms with van der Waals surface area (Å²) >= 11 is 0. The van der Waals surface area contributed by atoms with Gasteiger partial charge in [0.15, 0.2) is 0 Å². The SMILES string of the molecule is NC1CCCCCC1NC(=O)c1cccn1C1CCC1. The van der Waals surface area contributed by atoms with Crippen LogP contribution in [0.5, 0.6) is 0 Å². The minimum absolute atomic E-state index is 0.0456. The Kier molecular flexibility index (Phi) is 4.10. The van der Waals surface area contributed by atoms with Gasteiger partial charge in [-0.25, -0.2) is 0 Å². The van der Waals surface area contributed by atoms with Gasteiger partial charge in [-0.05, 0) is 44.2 Å². The van der Waals surface area contributed by atoms with Crippen molar-refractivity contribution in [2.45, 2.75) is 69.5 Å². The molecule has 4 heteroatoms. The maximum absolute atomic E-state index is 12.5. The first-order valence-corrected chi connectivity index (χ1v) is 7.99. The van der Waals surface area contributed by atoms with E-state index in [1.165, 1.54) is 38.5 Å². The molecule has 1 heterocycles. The molecule has 2 aliphatic carbocycles. The van der Waals surface area contributed by atoms with Crippen LogP contribution in [0.3, 0.4) is 0 Å². The summed E-state index contributed by atoms with van der Waals surface area (Å²) < 4.78 is 2.14. The number of carbonyl (C=O) groups excluding carboxylic acids is 1. The van der Waals surface area contributed by atoms with Crippen LogP contribution in [0.1, 0.15) is 67.9 Å². The van der Waals surface area contributed by atoms with Crippen LogP contribution >= 0.6 is 0 Å². The van der Waals surface area contributed by atoms with Crippen molar-refractivity contribution in [1.29, 1.82) is 0 Å². The summed E-state index contributed by atoms with van der Waals surface area (Å²) in [6, 6.07) is 4.66. The van der Waals surface area contributed by atoms with Gasteiger partial charge in [0.05, 0.1) is 0 Å². The predicted molar refractivity (Wildman–Crippen MR) is 79.6 cm³/mol. The van der Waals surface area contributed by atoms with Crippen molar-refractivity contribution in [3.05, 3.63) is 24.0 Å². The Morgan fingerprint density at radius 3 is 2.70 bits per heavy atom. The van der Waals surface area contributed by atoms with Gasteiger partial charge in [0.1, 0.15) is 5.69 Å². The number of nitrogens with one attached hydrogen (secondary N) is 1. The Labute approximate surface area is 120 Å². The quantitative estimate of drug-likeness (QED) is 0.833. The minimum Gasteiger partial charge on any atom is -0.346 e. The Morgan fingerprint density at radius 1 is 1.15 bits per heavy atom. The lowest BCUT2D eigenvalue weighted by Crippen LogP contribution is -2.47. The van der Waals surface area contributed by atoms with Gasteiger partial charge in [0.2, 0.25) is 0 Å². The van der Waals surface area contributed by atoms with Crippen LogP contribution in [0, 0.1) is 0 Å². The average Bonchev–Trinajstić information content (AvgIpc) is 2.74. The normalized spacial score (nSPS) is 27.6. The number of nitrogens with zero attached hydrogens (tertiary/aromatic N) is 1. The van der Waals surface area contributed by atoms with E-state index < -0.39 is 0 Å². The molecular formula is C16H25N3O. The molecule has 2 atom stereocenters. The zero-order valence-corrected chi connectivity index (χ0v) is 12.1. The van der Waals surface area contributed by atoms with E-state index >= 15 is 0 Å². The molecule has 0 spiro atoms. The van der Waals surface area contributed by atoms with Crippen molar-refractivity contribution in [3.8, 4) is 0 Å². The second-order valence-corrected chi connectivity index (χ2v) is 6.27.